The van der Waals surface area contributed by atoms with Crippen LogP contribution in [0.4, 0.5) is 10.2 Å². The van der Waals surface area contributed by atoms with Gasteiger partial charge in [-0.25, -0.2) is 14.4 Å². The second-order valence-electron chi connectivity index (χ2n) is 9.99. The van der Waals surface area contributed by atoms with Crippen molar-refractivity contribution in [1.29, 1.82) is 0 Å². The first-order valence-electron chi connectivity index (χ1n) is 11.4. The van der Waals surface area contributed by atoms with E-state index in [-0.39, 0.29) is 28.0 Å². The molecule has 0 saturated carbocycles. The van der Waals surface area contributed by atoms with E-state index >= 15 is 0 Å². The Kier molecular flexibility index (Phi) is 5.39. The van der Waals surface area contributed by atoms with Crippen molar-refractivity contribution in [2.75, 3.05) is 19.1 Å². The molecule has 0 unspecified atom stereocenters. The van der Waals surface area contributed by atoms with Crippen LogP contribution >= 0.6 is 0 Å². The zero-order valence-electron chi connectivity index (χ0n) is 19.8. The number of halogens is 1. The molecule has 178 valence electrons. The zero-order valence-corrected chi connectivity index (χ0v) is 19.8. The summed E-state index contributed by atoms with van der Waals surface area (Å²) in [6.45, 7) is 4.59. The lowest BCUT2D eigenvalue weighted by Gasteiger charge is -2.45. The average Bonchev–Trinajstić information content (AvgIpc) is 3.06. The molecular weight excluding hydrogens is 435 g/mol. The van der Waals surface area contributed by atoms with Crippen molar-refractivity contribution in [1.82, 2.24) is 25.5 Å². The fourth-order valence-corrected chi connectivity index (χ4v) is 5.50. The molecule has 2 N–H and O–H groups in total. The maximum Gasteiger partial charge on any atom is 0.216 e. The summed E-state index contributed by atoms with van der Waals surface area (Å²) < 4.78 is 20.0. The summed E-state index contributed by atoms with van der Waals surface area (Å²) in [5.41, 5.74) is 1.42. The first-order valence-corrected chi connectivity index (χ1v) is 11.4. The normalized spacial score (nSPS) is 25.9. The number of nitrogens with one attached hydrogen (secondary N) is 1. The Morgan fingerprint density at radius 3 is 2.41 bits per heavy atom. The highest BCUT2D eigenvalue weighted by Crippen LogP contribution is 2.44. The lowest BCUT2D eigenvalue weighted by atomic mass is 9.84. The summed E-state index contributed by atoms with van der Waals surface area (Å²) in [5.74, 6) is 0.415. The highest BCUT2D eigenvalue weighted by atomic mass is 19.1. The Hall–Kier alpha value is -3.33. The number of fused-ring (bicyclic) bond motifs is 2. The van der Waals surface area contributed by atoms with E-state index in [4.69, 9.17) is 4.74 Å². The van der Waals surface area contributed by atoms with Crippen LogP contribution < -0.4 is 15.0 Å². The van der Waals surface area contributed by atoms with Crippen molar-refractivity contribution in [3.8, 4) is 34.1 Å². The molecule has 3 aromatic rings. The van der Waals surface area contributed by atoms with E-state index < -0.39 is 5.82 Å². The predicted molar refractivity (Wildman–Crippen MR) is 127 cm³/mol. The second-order valence-corrected chi connectivity index (χ2v) is 9.99. The molecule has 2 bridgehead atoms. The number of hydrogen-bond acceptors (Lipinski definition) is 8. The van der Waals surface area contributed by atoms with Gasteiger partial charge in [-0.15, -0.1) is 10.2 Å². The molecule has 5 rings (SSSR count). The third kappa shape index (κ3) is 4.04. The SMILES string of the molecule is COc1cc(-c2cc(O)c(-c3ccc(N(C)[C@H]4C[C@]5(C)CC[C@](C)(C4)N5)nn3)cc2F)ncn1. The number of piperidine rings is 1. The first-order chi connectivity index (χ1) is 16.2. The van der Waals surface area contributed by atoms with Crippen LogP contribution in [0.25, 0.3) is 22.5 Å². The number of rotatable bonds is 5. The number of hydrogen-bond donors (Lipinski definition) is 2. The molecule has 1 aromatic carbocycles. The van der Waals surface area contributed by atoms with Gasteiger partial charge in [0.2, 0.25) is 5.88 Å². The van der Waals surface area contributed by atoms with Gasteiger partial charge >= 0.3 is 0 Å². The fraction of sp³-hybridized carbons (Fsp3) is 0.440. The second kappa shape index (κ2) is 8.16. The topological polar surface area (TPSA) is 96.3 Å². The summed E-state index contributed by atoms with van der Waals surface area (Å²) in [6, 6.07) is 8.08. The number of nitrogens with zero attached hydrogens (tertiary/aromatic N) is 5. The maximum absolute atomic E-state index is 15.0. The fourth-order valence-electron chi connectivity index (χ4n) is 5.50. The van der Waals surface area contributed by atoms with Crippen molar-refractivity contribution < 1.29 is 14.2 Å². The van der Waals surface area contributed by atoms with Gasteiger partial charge < -0.3 is 20.1 Å². The first kappa shape index (κ1) is 22.5. The minimum Gasteiger partial charge on any atom is -0.507 e. The van der Waals surface area contributed by atoms with Crippen LogP contribution in [0.3, 0.4) is 0 Å². The van der Waals surface area contributed by atoms with Crippen LogP contribution in [0.5, 0.6) is 11.6 Å². The molecule has 0 spiro atoms. The summed E-state index contributed by atoms with van der Waals surface area (Å²) in [6.07, 6.45) is 5.74. The molecule has 3 atom stereocenters. The van der Waals surface area contributed by atoms with Gasteiger partial charge in [0, 0.05) is 41.4 Å². The Bertz CT molecular complexity index is 1200. The van der Waals surface area contributed by atoms with E-state index in [1.165, 1.54) is 44.5 Å². The molecule has 2 aliphatic heterocycles. The third-order valence-electron chi connectivity index (χ3n) is 7.25. The molecule has 2 aliphatic rings. The van der Waals surface area contributed by atoms with Crippen molar-refractivity contribution in [3.05, 3.63) is 42.5 Å². The van der Waals surface area contributed by atoms with Crippen LogP contribution in [-0.2, 0) is 0 Å². The van der Waals surface area contributed by atoms with E-state index in [9.17, 15) is 9.50 Å². The minimum absolute atomic E-state index is 0.111. The molecule has 4 heterocycles. The summed E-state index contributed by atoms with van der Waals surface area (Å²) >= 11 is 0. The van der Waals surface area contributed by atoms with Crippen LogP contribution in [0.2, 0.25) is 0 Å². The van der Waals surface area contributed by atoms with Gasteiger partial charge in [0.25, 0.3) is 0 Å². The standard InChI is InChI=1S/C25H29FN6O2/c1-24-7-8-25(2,31-24)13-15(12-24)32(3)22-6-5-19(29-30-22)17-9-18(26)16(10-21(17)33)20-11-23(34-4)28-14-27-20/h5-6,9-11,14-15,31,33H,7-8,12-13H2,1-4H3/t15-,24-,25+. The number of phenols is 1. The Morgan fingerprint density at radius 1 is 1.03 bits per heavy atom. The number of methoxy groups -OCH3 is 1. The Balaban J connectivity index is 1.39. The van der Waals surface area contributed by atoms with Gasteiger partial charge in [0.05, 0.1) is 18.5 Å². The Morgan fingerprint density at radius 2 is 1.76 bits per heavy atom. The molecule has 8 nitrogen and oxygen atoms in total. The number of aromatic hydroxyl groups is 1. The van der Waals surface area contributed by atoms with Gasteiger partial charge in [0.1, 0.15) is 17.9 Å². The van der Waals surface area contributed by atoms with E-state index in [0.29, 0.717) is 23.3 Å². The molecule has 2 saturated heterocycles. The number of phenolic OH excluding ortho intramolecular Hbond substituents is 1. The van der Waals surface area contributed by atoms with Gasteiger partial charge in [-0.1, -0.05) is 0 Å². The van der Waals surface area contributed by atoms with E-state index in [1.807, 2.05) is 13.1 Å². The quantitative estimate of drug-likeness (QED) is 0.586. The molecule has 2 aromatic heterocycles. The molecule has 0 aliphatic carbocycles. The lowest BCUT2D eigenvalue weighted by Crippen LogP contribution is -2.58. The van der Waals surface area contributed by atoms with Crippen molar-refractivity contribution in [3.63, 3.8) is 0 Å². The monoisotopic (exact) mass is 464 g/mol. The number of aromatic nitrogens is 4. The van der Waals surface area contributed by atoms with Gasteiger partial charge in [0.15, 0.2) is 5.82 Å². The number of ether oxygens (including phenoxy) is 1. The van der Waals surface area contributed by atoms with Gasteiger partial charge in [-0.05, 0) is 63.8 Å². The summed E-state index contributed by atoms with van der Waals surface area (Å²) in [7, 11) is 3.52. The summed E-state index contributed by atoms with van der Waals surface area (Å²) in [4.78, 5) is 10.2. The zero-order chi connectivity index (χ0) is 24.1. The molecule has 34 heavy (non-hydrogen) atoms. The number of anilines is 1. The summed E-state index contributed by atoms with van der Waals surface area (Å²) in [5, 5.41) is 23.1. The van der Waals surface area contributed by atoms with Crippen LogP contribution in [0.1, 0.15) is 39.5 Å². The van der Waals surface area contributed by atoms with Gasteiger partial charge in [-0.3, -0.25) is 0 Å². The predicted octanol–water partition coefficient (Wildman–Crippen LogP) is 3.95. The molecular formula is C25H29FN6O2. The number of benzene rings is 1. The molecule has 9 heteroatoms. The molecule has 0 radical (unpaired) electrons. The largest absolute Gasteiger partial charge is 0.507 e. The van der Waals surface area contributed by atoms with Crippen molar-refractivity contribution in [2.45, 2.75) is 56.7 Å². The molecule has 0 amide bonds. The van der Waals surface area contributed by atoms with Crippen LogP contribution in [0, 0.1) is 5.82 Å². The van der Waals surface area contributed by atoms with E-state index in [2.05, 4.69) is 44.2 Å². The van der Waals surface area contributed by atoms with Crippen LogP contribution in [-0.4, -0.2) is 56.5 Å². The van der Waals surface area contributed by atoms with E-state index in [1.54, 1.807) is 6.07 Å². The maximum atomic E-state index is 15.0. The highest BCUT2D eigenvalue weighted by molar-refractivity contribution is 5.74. The average molecular weight is 465 g/mol. The van der Waals surface area contributed by atoms with Crippen molar-refractivity contribution in [2.24, 2.45) is 0 Å². The smallest absolute Gasteiger partial charge is 0.216 e. The van der Waals surface area contributed by atoms with E-state index in [0.717, 1.165) is 18.7 Å². The van der Waals surface area contributed by atoms with Crippen LogP contribution in [0.15, 0.2) is 36.7 Å². The van der Waals surface area contributed by atoms with Crippen molar-refractivity contribution >= 4 is 5.82 Å². The lowest BCUT2D eigenvalue weighted by molar-refractivity contribution is 0.207. The minimum atomic E-state index is -0.539. The highest BCUT2D eigenvalue weighted by Gasteiger charge is 2.49. The van der Waals surface area contributed by atoms with Gasteiger partial charge in [-0.2, -0.15) is 0 Å². The molecule has 2 fully saturated rings. The Labute approximate surface area is 198 Å². The third-order valence-corrected chi connectivity index (χ3v) is 7.25.